The van der Waals surface area contributed by atoms with Crippen molar-refractivity contribution in [1.82, 2.24) is 10.6 Å². The standard InChI is InChI=1S/C10H19N3O2/c1-7(10(11)15)13-9(14)6-12-8-4-2-3-5-8/h7-8,12H,2-6H2,1H3,(H2,11,15)(H,13,14). The van der Waals surface area contributed by atoms with E-state index in [1.807, 2.05) is 0 Å². The Kier molecular flexibility index (Phi) is 4.55. The Balaban J connectivity index is 2.15. The molecule has 1 atom stereocenters. The topological polar surface area (TPSA) is 84.2 Å². The molecule has 0 saturated heterocycles. The Hall–Kier alpha value is -1.10. The molecule has 15 heavy (non-hydrogen) atoms. The van der Waals surface area contributed by atoms with E-state index in [9.17, 15) is 9.59 Å². The zero-order chi connectivity index (χ0) is 11.3. The fourth-order valence-corrected chi connectivity index (χ4v) is 1.73. The summed E-state index contributed by atoms with van der Waals surface area (Å²) in [6.45, 7) is 1.85. The Bertz CT molecular complexity index is 237. The molecule has 0 aromatic rings. The van der Waals surface area contributed by atoms with Crippen molar-refractivity contribution in [3.8, 4) is 0 Å². The molecule has 4 N–H and O–H groups in total. The third-order valence-electron chi connectivity index (χ3n) is 2.71. The monoisotopic (exact) mass is 213 g/mol. The summed E-state index contributed by atoms with van der Waals surface area (Å²) in [7, 11) is 0. The summed E-state index contributed by atoms with van der Waals surface area (Å²) in [6.07, 6.45) is 4.74. The van der Waals surface area contributed by atoms with Gasteiger partial charge in [0.2, 0.25) is 11.8 Å². The lowest BCUT2D eigenvalue weighted by Gasteiger charge is -2.13. The van der Waals surface area contributed by atoms with Crippen LogP contribution in [0.4, 0.5) is 0 Å². The van der Waals surface area contributed by atoms with E-state index in [1.165, 1.54) is 12.8 Å². The molecule has 0 aliphatic heterocycles. The predicted octanol–water partition coefficient (Wildman–Crippen LogP) is -0.491. The van der Waals surface area contributed by atoms with Crippen LogP contribution in [0.3, 0.4) is 0 Å². The Morgan fingerprint density at radius 1 is 1.40 bits per heavy atom. The zero-order valence-electron chi connectivity index (χ0n) is 9.08. The molecule has 0 radical (unpaired) electrons. The Morgan fingerprint density at radius 3 is 2.53 bits per heavy atom. The van der Waals surface area contributed by atoms with Gasteiger partial charge in [0.25, 0.3) is 0 Å². The van der Waals surface area contributed by atoms with Gasteiger partial charge in [-0.1, -0.05) is 12.8 Å². The molecule has 1 rings (SSSR count). The van der Waals surface area contributed by atoms with Gasteiger partial charge in [-0.15, -0.1) is 0 Å². The van der Waals surface area contributed by atoms with Gasteiger partial charge in [0.1, 0.15) is 6.04 Å². The van der Waals surface area contributed by atoms with Crippen LogP contribution in [-0.4, -0.2) is 30.4 Å². The van der Waals surface area contributed by atoms with Gasteiger partial charge in [-0.25, -0.2) is 0 Å². The number of carbonyl (C=O) groups is 2. The molecule has 0 heterocycles. The summed E-state index contributed by atoms with van der Waals surface area (Å²) in [5.74, 6) is -0.683. The normalized spacial score (nSPS) is 18.7. The van der Waals surface area contributed by atoms with E-state index in [1.54, 1.807) is 6.92 Å². The maximum atomic E-state index is 11.3. The summed E-state index contributed by atoms with van der Waals surface area (Å²) >= 11 is 0. The largest absolute Gasteiger partial charge is 0.368 e. The molecular weight excluding hydrogens is 194 g/mol. The quantitative estimate of drug-likeness (QED) is 0.576. The van der Waals surface area contributed by atoms with Crippen molar-refractivity contribution < 1.29 is 9.59 Å². The van der Waals surface area contributed by atoms with Gasteiger partial charge in [-0.05, 0) is 19.8 Å². The molecule has 0 aromatic heterocycles. The van der Waals surface area contributed by atoms with Gasteiger partial charge in [-0.3, -0.25) is 9.59 Å². The van der Waals surface area contributed by atoms with Crippen LogP contribution in [-0.2, 0) is 9.59 Å². The van der Waals surface area contributed by atoms with E-state index < -0.39 is 11.9 Å². The first-order chi connectivity index (χ1) is 7.09. The molecule has 1 aliphatic carbocycles. The van der Waals surface area contributed by atoms with Gasteiger partial charge in [0.05, 0.1) is 6.54 Å². The Morgan fingerprint density at radius 2 is 2.00 bits per heavy atom. The minimum absolute atomic E-state index is 0.173. The highest BCUT2D eigenvalue weighted by molar-refractivity contribution is 5.86. The predicted molar refractivity (Wildman–Crippen MR) is 57.1 cm³/mol. The number of rotatable bonds is 5. The molecule has 0 aromatic carbocycles. The third-order valence-corrected chi connectivity index (χ3v) is 2.71. The zero-order valence-corrected chi connectivity index (χ0v) is 9.08. The molecule has 1 aliphatic rings. The van der Waals surface area contributed by atoms with Crippen LogP contribution in [0.2, 0.25) is 0 Å². The maximum Gasteiger partial charge on any atom is 0.239 e. The number of primary amides is 1. The minimum atomic E-state index is -0.595. The van der Waals surface area contributed by atoms with E-state index in [0.717, 1.165) is 12.8 Å². The van der Waals surface area contributed by atoms with E-state index in [4.69, 9.17) is 5.73 Å². The molecule has 0 spiro atoms. The van der Waals surface area contributed by atoms with Gasteiger partial charge < -0.3 is 16.4 Å². The molecule has 1 unspecified atom stereocenters. The number of hydrogen-bond donors (Lipinski definition) is 3. The first-order valence-electron chi connectivity index (χ1n) is 5.41. The first kappa shape index (κ1) is 12.0. The molecule has 1 fully saturated rings. The van der Waals surface area contributed by atoms with Crippen LogP contribution < -0.4 is 16.4 Å². The third kappa shape index (κ3) is 4.29. The number of carbonyl (C=O) groups excluding carboxylic acids is 2. The van der Waals surface area contributed by atoms with E-state index in [-0.39, 0.29) is 12.5 Å². The molecule has 1 saturated carbocycles. The van der Waals surface area contributed by atoms with Gasteiger partial charge in [0.15, 0.2) is 0 Å². The van der Waals surface area contributed by atoms with Crippen molar-refractivity contribution in [2.24, 2.45) is 5.73 Å². The second kappa shape index (κ2) is 5.70. The summed E-state index contributed by atoms with van der Waals surface area (Å²) in [6, 6.07) is -0.137. The lowest BCUT2D eigenvalue weighted by Crippen LogP contribution is -2.46. The van der Waals surface area contributed by atoms with Crippen molar-refractivity contribution >= 4 is 11.8 Å². The van der Waals surface area contributed by atoms with Crippen molar-refractivity contribution in [2.45, 2.75) is 44.7 Å². The maximum absolute atomic E-state index is 11.3. The van der Waals surface area contributed by atoms with Crippen molar-refractivity contribution in [2.75, 3.05) is 6.54 Å². The number of hydrogen-bond acceptors (Lipinski definition) is 3. The summed E-state index contributed by atoms with van der Waals surface area (Å²) < 4.78 is 0. The average Bonchev–Trinajstić information content (AvgIpc) is 2.66. The van der Waals surface area contributed by atoms with Gasteiger partial charge >= 0.3 is 0 Å². The van der Waals surface area contributed by atoms with Crippen LogP contribution in [0.5, 0.6) is 0 Å². The summed E-state index contributed by atoms with van der Waals surface area (Å²) in [5, 5.41) is 5.69. The number of amides is 2. The highest BCUT2D eigenvalue weighted by Crippen LogP contribution is 2.17. The fraction of sp³-hybridized carbons (Fsp3) is 0.800. The number of nitrogens with one attached hydrogen (secondary N) is 2. The summed E-state index contributed by atoms with van der Waals surface area (Å²) in [5.41, 5.74) is 5.03. The number of nitrogens with two attached hydrogens (primary N) is 1. The molecule has 5 heteroatoms. The van der Waals surface area contributed by atoms with Crippen LogP contribution in [0.1, 0.15) is 32.6 Å². The lowest BCUT2D eigenvalue weighted by molar-refractivity contribution is -0.126. The van der Waals surface area contributed by atoms with Crippen LogP contribution in [0.25, 0.3) is 0 Å². The Labute approximate surface area is 89.8 Å². The average molecular weight is 213 g/mol. The second-order valence-electron chi connectivity index (χ2n) is 4.05. The SMILES string of the molecule is CC(NC(=O)CNC1CCCC1)C(N)=O. The minimum Gasteiger partial charge on any atom is -0.368 e. The van der Waals surface area contributed by atoms with Crippen LogP contribution >= 0.6 is 0 Å². The fourth-order valence-electron chi connectivity index (χ4n) is 1.73. The molecule has 0 bridgehead atoms. The van der Waals surface area contributed by atoms with Crippen molar-refractivity contribution in [3.63, 3.8) is 0 Å². The highest BCUT2D eigenvalue weighted by atomic mass is 16.2. The van der Waals surface area contributed by atoms with E-state index >= 15 is 0 Å². The molecule has 5 nitrogen and oxygen atoms in total. The van der Waals surface area contributed by atoms with Crippen molar-refractivity contribution in [3.05, 3.63) is 0 Å². The highest BCUT2D eigenvalue weighted by Gasteiger charge is 2.16. The lowest BCUT2D eigenvalue weighted by atomic mass is 10.2. The van der Waals surface area contributed by atoms with Crippen molar-refractivity contribution in [1.29, 1.82) is 0 Å². The van der Waals surface area contributed by atoms with Gasteiger partial charge in [0, 0.05) is 6.04 Å². The van der Waals surface area contributed by atoms with E-state index in [2.05, 4.69) is 10.6 Å². The first-order valence-corrected chi connectivity index (χ1v) is 5.41. The molecule has 2 amide bonds. The van der Waals surface area contributed by atoms with E-state index in [0.29, 0.717) is 6.04 Å². The van der Waals surface area contributed by atoms with Crippen LogP contribution in [0, 0.1) is 0 Å². The smallest absolute Gasteiger partial charge is 0.239 e. The molecular formula is C10H19N3O2. The van der Waals surface area contributed by atoms with Gasteiger partial charge in [-0.2, -0.15) is 0 Å². The molecule has 86 valence electrons. The second-order valence-corrected chi connectivity index (χ2v) is 4.05. The summed E-state index contributed by atoms with van der Waals surface area (Å²) in [4.78, 5) is 22.0. The van der Waals surface area contributed by atoms with Crippen LogP contribution in [0.15, 0.2) is 0 Å².